The van der Waals surface area contributed by atoms with Crippen LogP contribution < -0.4 is 15.4 Å². The summed E-state index contributed by atoms with van der Waals surface area (Å²) in [6.07, 6.45) is 0.985. The van der Waals surface area contributed by atoms with Gasteiger partial charge < -0.3 is 15.4 Å². The first-order valence-electron chi connectivity index (χ1n) is 7.50. The van der Waals surface area contributed by atoms with Crippen molar-refractivity contribution >= 4 is 17.3 Å². The lowest BCUT2D eigenvalue weighted by Gasteiger charge is -2.09. The summed E-state index contributed by atoms with van der Waals surface area (Å²) in [6, 6.07) is 15.3. The number of aryl methyl sites for hydroxylation is 1. The molecule has 0 atom stereocenters. The van der Waals surface area contributed by atoms with Gasteiger partial charge in [-0.25, -0.2) is 0 Å². The fourth-order valence-electron chi connectivity index (χ4n) is 1.91. The summed E-state index contributed by atoms with van der Waals surface area (Å²) in [4.78, 5) is 11.9. The molecule has 4 heteroatoms. The van der Waals surface area contributed by atoms with Crippen molar-refractivity contribution in [3.63, 3.8) is 0 Å². The molecule has 1 amide bonds. The molecule has 0 spiro atoms. The Morgan fingerprint density at radius 2 is 1.64 bits per heavy atom. The van der Waals surface area contributed by atoms with E-state index in [9.17, 15) is 4.79 Å². The van der Waals surface area contributed by atoms with Gasteiger partial charge >= 0.3 is 0 Å². The largest absolute Gasteiger partial charge is 0.494 e. The molecule has 2 N–H and O–H groups in total. The molecular weight excluding hydrogens is 276 g/mol. The highest BCUT2D eigenvalue weighted by atomic mass is 16.5. The van der Waals surface area contributed by atoms with Gasteiger partial charge in [-0.2, -0.15) is 0 Å². The van der Waals surface area contributed by atoms with Gasteiger partial charge in [-0.3, -0.25) is 4.79 Å². The van der Waals surface area contributed by atoms with Gasteiger partial charge in [0.2, 0.25) is 5.91 Å². The Labute approximate surface area is 131 Å². The zero-order valence-electron chi connectivity index (χ0n) is 13.1. The minimum Gasteiger partial charge on any atom is -0.494 e. The average molecular weight is 298 g/mol. The summed E-state index contributed by atoms with van der Waals surface area (Å²) in [5.41, 5.74) is 2.87. The van der Waals surface area contributed by atoms with E-state index < -0.39 is 0 Å². The molecule has 0 fully saturated rings. The highest BCUT2D eigenvalue weighted by Gasteiger charge is 2.02. The second-order valence-corrected chi connectivity index (χ2v) is 5.14. The molecular formula is C18H22N2O2. The van der Waals surface area contributed by atoms with Crippen molar-refractivity contribution < 1.29 is 9.53 Å². The number of ether oxygens (including phenoxy) is 1. The minimum absolute atomic E-state index is 0.0739. The third-order valence-corrected chi connectivity index (χ3v) is 3.12. The fourth-order valence-corrected chi connectivity index (χ4v) is 1.91. The predicted molar refractivity (Wildman–Crippen MR) is 90.5 cm³/mol. The molecule has 0 aliphatic rings. The van der Waals surface area contributed by atoms with Gasteiger partial charge in [0.25, 0.3) is 0 Å². The van der Waals surface area contributed by atoms with Crippen molar-refractivity contribution in [2.24, 2.45) is 0 Å². The monoisotopic (exact) mass is 298 g/mol. The van der Waals surface area contributed by atoms with E-state index in [0.717, 1.165) is 23.5 Å². The van der Waals surface area contributed by atoms with Crippen LogP contribution in [0.2, 0.25) is 0 Å². The van der Waals surface area contributed by atoms with Crippen LogP contribution >= 0.6 is 0 Å². The van der Waals surface area contributed by atoms with Crippen LogP contribution in [0.1, 0.15) is 18.9 Å². The minimum atomic E-state index is -0.0739. The molecule has 0 unspecified atom stereocenters. The second-order valence-electron chi connectivity index (χ2n) is 5.14. The number of rotatable bonds is 7. The van der Waals surface area contributed by atoms with Gasteiger partial charge in [-0.1, -0.05) is 24.6 Å². The van der Waals surface area contributed by atoms with Crippen LogP contribution in [0.3, 0.4) is 0 Å². The SMILES string of the molecule is CCCOc1ccc(NCC(=O)Nc2ccc(C)cc2)cc1. The lowest BCUT2D eigenvalue weighted by atomic mass is 10.2. The smallest absolute Gasteiger partial charge is 0.243 e. The zero-order chi connectivity index (χ0) is 15.8. The Kier molecular flexibility index (Phi) is 5.83. The van der Waals surface area contributed by atoms with E-state index in [4.69, 9.17) is 4.74 Å². The Balaban J connectivity index is 1.79. The highest BCUT2D eigenvalue weighted by Crippen LogP contribution is 2.15. The fraction of sp³-hybridized carbons (Fsp3) is 0.278. The number of carbonyl (C=O) groups excluding carboxylic acids is 1. The zero-order valence-corrected chi connectivity index (χ0v) is 13.1. The molecule has 0 saturated carbocycles. The van der Waals surface area contributed by atoms with Crippen LogP contribution in [0, 0.1) is 6.92 Å². The molecule has 116 valence electrons. The molecule has 0 radical (unpaired) electrons. The number of benzene rings is 2. The van der Waals surface area contributed by atoms with Crippen molar-refractivity contribution in [1.82, 2.24) is 0 Å². The molecule has 0 saturated heterocycles. The molecule has 0 heterocycles. The van der Waals surface area contributed by atoms with Crippen molar-refractivity contribution in [1.29, 1.82) is 0 Å². The van der Waals surface area contributed by atoms with Crippen LogP contribution in [0.15, 0.2) is 48.5 Å². The van der Waals surface area contributed by atoms with Gasteiger partial charge in [-0.05, 0) is 49.7 Å². The van der Waals surface area contributed by atoms with E-state index in [2.05, 4.69) is 17.6 Å². The Morgan fingerprint density at radius 3 is 2.27 bits per heavy atom. The maximum absolute atomic E-state index is 11.9. The van der Waals surface area contributed by atoms with Gasteiger partial charge in [0.15, 0.2) is 0 Å². The summed E-state index contributed by atoms with van der Waals surface area (Å²) < 4.78 is 5.52. The molecule has 2 rings (SSSR count). The quantitative estimate of drug-likeness (QED) is 0.816. The number of amides is 1. The molecule has 2 aromatic carbocycles. The summed E-state index contributed by atoms with van der Waals surface area (Å²) in [6.45, 7) is 5.03. The summed E-state index contributed by atoms with van der Waals surface area (Å²) >= 11 is 0. The van der Waals surface area contributed by atoms with Gasteiger partial charge in [-0.15, -0.1) is 0 Å². The number of anilines is 2. The van der Waals surface area contributed by atoms with Gasteiger partial charge in [0.1, 0.15) is 5.75 Å². The summed E-state index contributed by atoms with van der Waals surface area (Å²) in [5.74, 6) is 0.770. The number of nitrogens with one attached hydrogen (secondary N) is 2. The normalized spacial score (nSPS) is 10.1. The number of hydrogen-bond donors (Lipinski definition) is 2. The molecule has 0 aliphatic heterocycles. The standard InChI is InChI=1S/C18H22N2O2/c1-3-12-22-17-10-8-15(9-11-17)19-13-18(21)20-16-6-4-14(2)5-7-16/h4-11,19H,3,12-13H2,1-2H3,(H,20,21). The lowest BCUT2D eigenvalue weighted by molar-refractivity contribution is -0.114. The maximum Gasteiger partial charge on any atom is 0.243 e. The molecule has 4 nitrogen and oxygen atoms in total. The van der Waals surface area contributed by atoms with Gasteiger partial charge in [0.05, 0.1) is 13.2 Å². The van der Waals surface area contributed by atoms with Crippen molar-refractivity contribution in [2.45, 2.75) is 20.3 Å². The Bertz CT molecular complexity index is 591. The Hall–Kier alpha value is -2.49. The third-order valence-electron chi connectivity index (χ3n) is 3.12. The molecule has 0 aliphatic carbocycles. The van der Waals surface area contributed by atoms with E-state index >= 15 is 0 Å². The first-order valence-corrected chi connectivity index (χ1v) is 7.50. The van der Waals surface area contributed by atoms with Gasteiger partial charge in [0, 0.05) is 11.4 Å². The average Bonchev–Trinajstić information content (AvgIpc) is 2.54. The van der Waals surface area contributed by atoms with Crippen molar-refractivity contribution in [3.8, 4) is 5.75 Å². The van der Waals surface area contributed by atoms with Crippen LogP contribution in [0.4, 0.5) is 11.4 Å². The summed E-state index contributed by atoms with van der Waals surface area (Å²) in [7, 11) is 0. The van der Waals surface area contributed by atoms with E-state index in [1.54, 1.807) is 0 Å². The molecule has 2 aromatic rings. The van der Waals surface area contributed by atoms with Crippen molar-refractivity contribution in [3.05, 3.63) is 54.1 Å². The number of carbonyl (C=O) groups is 1. The van der Waals surface area contributed by atoms with E-state index in [-0.39, 0.29) is 12.5 Å². The predicted octanol–water partition coefficient (Wildman–Crippen LogP) is 3.83. The van der Waals surface area contributed by atoms with Crippen molar-refractivity contribution in [2.75, 3.05) is 23.8 Å². The highest BCUT2D eigenvalue weighted by molar-refractivity contribution is 5.93. The third kappa shape index (κ3) is 5.13. The lowest BCUT2D eigenvalue weighted by Crippen LogP contribution is -2.21. The Morgan fingerprint density at radius 1 is 1.00 bits per heavy atom. The molecule has 22 heavy (non-hydrogen) atoms. The first kappa shape index (κ1) is 15.9. The number of hydrogen-bond acceptors (Lipinski definition) is 3. The van der Waals surface area contributed by atoms with E-state index in [1.807, 2.05) is 55.5 Å². The molecule has 0 bridgehead atoms. The van der Waals surface area contributed by atoms with E-state index in [1.165, 1.54) is 5.56 Å². The molecule has 0 aromatic heterocycles. The van der Waals surface area contributed by atoms with E-state index in [0.29, 0.717) is 6.61 Å². The maximum atomic E-state index is 11.9. The topological polar surface area (TPSA) is 50.4 Å². The van der Waals surface area contributed by atoms with Crippen LogP contribution in [-0.4, -0.2) is 19.1 Å². The van der Waals surface area contributed by atoms with Crippen LogP contribution in [0.5, 0.6) is 5.75 Å². The van der Waals surface area contributed by atoms with Crippen LogP contribution in [0.25, 0.3) is 0 Å². The van der Waals surface area contributed by atoms with Crippen LogP contribution in [-0.2, 0) is 4.79 Å². The first-order chi connectivity index (χ1) is 10.7. The second kappa shape index (κ2) is 8.08. The summed E-state index contributed by atoms with van der Waals surface area (Å²) in [5, 5.41) is 5.94.